The number of ether oxygens (including phenoxy) is 3. The van der Waals surface area contributed by atoms with E-state index in [1.807, 2.05) is 0 Å². The van der Waals surface area contributed by atoms with Crippen LogP contribution in [0.4, 0.5) is 0 Å². The molecule has 1 atom stereocenters. The smallest absolute Gasteiger partial charge is 0.306 e. The number of hydrogen-bond donors (Lipinski definition) is 0. The van der Waals surface area contributed by atoms with Gasteiger partial charge in [0.05, 0.1) is 0 Å². The first-order valence-electron chi connectivity index (χ1n) is 20.9. The van der Waals surface area contributed by atoms with Gasteiger partial charge in [-0.3, -0.25) is 14.4 Å². The van der Waals surface area contributed by atoms with Crippen molar-refractivity contribution in [1.82, 2.24) is 0 Å². The lowest BCUT2D eigenvalue weighted by molar-refractivity contribution is -0.167. The number of esters is 3. The minimum Gasteiger partial charge on any atom is -0.462 e. The molecule has 0 aliphatic carbocycles. The second-order valence-corrected chi connectivity index (χ2v) is 13.9. The largest absolute Gasteiger partial charge is 0.462 e. The number of unbranched alkanes of at least 4 members (excludes halogenated alkanes) is 23. The van der Waals surface area contributed by atoms with E-state index in [1.54, 1.807) is 0 Å². The van der Waals surface area contributed by atoms with E-state index in [0.717, 1.165) is 70.6 Å². The molecule has 0 amide bonds. The average molecular weight is 691 g/mol. The molecule has 0 aliphatic rings. The molecule has 0 saturated heterocycles. The molecule has 0 radical (unpaired) electrons. The van der Waals surface area contributed by atoms with Crippen LogP contribution in [-0.4, -0.2) is 37.2 Å². The van der Waals surface area contributed by atoms with Crippen molar-refractivity contribution in [2.45, 2.75) is 219 Å². The van der Waals surface area contributed by atoms with Crippen molar-refractivity contribution >= 4 is 17.9 Å². The summed E-state index contributed by atoms with van der Waals surface area (Å²) in [7, 11) is 0. The van der Waals surface area contributed by atoms with Gasteiger partial charge in [-0.25, -0.2) is 0 Å². The third-order valence-electron chi connectivity index (χ3n) is 8.99. The van der Waals surface area contributed by atoms with Gasteiger partial charge in [-0.05, 0) is 38.5 Å². The van der Waals surface area contributed by atoms with E-state index in [4.69, 9.17) is 14.2 Å². The number of rotatable bonds is 37. The van der Waals surface area contributed by atoms with E-state index < -0.39 is 6.10 Å². The normalized spacial score (nSPS) is 12.1. The zero-order valence-electron chi connectivity index (χ0n) is 32.5. The number of hydrogen-bond acceptors (Lipinski definition) is 6. The maximum Gasteiger partial charge on any atom is 0.306 e. The summed E-state index contributed by atoms with van der Waals surface area (Å²) >= 11 is 0. The third kappa shape index (κ3) is 37.0. The number of allylic oxidation sites excluding steroid dienone is 4. The van der Waals surface area contributed by atoms with E-state index >= 15 is 0 Å². The van der Waals surface area contributed by atoms with Crippen LogP contribution in [0.1, 0.15) is 213 Å². The SMILES string of the molecule is CCCC/C=C\C=C/CCCCCC(=O)OCC(COC(=O)CCCCCCCCCCCC)OC(=O)CCCCCCCCCCCC. The fourth-order valence-electron chi connectivity index (χ4n) is 5.77. The molecule has 6 nitrogen and oxygen atoms in total. The van der Waals surface area contributed by atoms with Gasteiger partial charge in [0.2, 0.25) is 0 Å². The minimum atomic E-state index is -0.772. The topological polar surface area (TPSA) is 78.9 Å². The lowest BCUT2D eigenvalue weighted by atomic mass is 10.1. The Bertz CT molecular complexity index is 804. The molecule has 0 fully saturated rings. The molecule has 0 saturated carbocycles. The number of carbonyl (C=O) groups is 3. The average Bonchev–Trinajstić information content (AvgIpc) is 3.10. The molecule has 286 valence electrons. The Hall–Kier alpha value is -2.11. The van der Waals surface area contributed by atoms with Crippen LogP contribution in [0.3, 0.4) is 0 Å². The van der Waals surface area contributed by atoms with Crippen LogP contribution in [0.15, 0.2) is 24.3 Å². The fraction of sp³-hybridized carbons (Fsp3) is 0.837. The van der Waals surface area contributed by atoms with Crippen molar-refractivity contribution in [2.75, 3.05) is 13.2 Å². The Labute approximate surface area is 303 Å². The Balaban J connectivity index is 4.40. The highest BCUT2D eigenvalue weighted by Gasteiger charge is 2.19. The predicted octanol–water partition coefficient (Wildman–Crippen LogP) is 12.9. The van der Waals surface area contributed by atoms with Gasteiger partial charge in [0.1, 0.15) is 13.2 Å². The second kappa shape index (κ2) is 38.7. The molecule has 0 N–H and O–H groups in total. The standard InChI is InChI=1S/C43H78O6/c1-4-7-10-13-16-19-22-25-27-30-33-36-42(45)48-39-40(49-43(46)37-34-31-28-24-21-18-15-12-9-6-3)38-47-41(44)35-32-29-26-23-20-17-14-11-8-5-2/h13,16,19,22,40H,4-12,14-15,17-18,20-21,23-39H2,1-3H3/b16-13-,22-19-. The third-order valence-corrected chi connectivity index (χ3v) is 8.99. The summed E-state index contributed by atoms with van der Waals surface area (Å²) < 4.78 is 16.6. The van der Waals surface area contributed by atoms with E-state index in [2.05, 4.69) is 45.1 Å². The Kier molecular flexibility index (Phi) is 37.0. The molecule has 0 aromatic carbocycles. The summed E-state index contributed by atoms with van der Waals surface area (Å²) in [6, 6.07) is 0. The zero-order chi connectivity index (χ0) is 35.9. The van der Waals surface area contributed by atoms with E-state index in [-0.39, 0.29) is 31.1 Å². The Morgan fingerprint density at radius 3 is 1.14 bits per heavy atom. The summed E-state index contributed by atoms with van der Waals surface area (Å²) in [6.07, 6.45) is 40.2. The maximum atomic E-state index is 12.6. The molecular formula is C43H78O6. The van der Waals surface area contributed by atoms with Crippen molar-refractivity contribution in [3.8, 4) is 0 Å². The highest BCUT2D eigenvalue weighted by atomic mass is 16.6. The molecule has 0 bridgehead atoms. The maximum absolute atomic E-state index is 12.6. The highest BCUT2D eigenvalue weighted by molar-refractivity contribution is 5.71. The van der Waals surface area contributed by atoms with E-state index in [1.165, 1.54) is 103 Å². The van der Waals surface area contributed by atoms with Crippen LogP contribution < -0.4 is 0 Å². The van der Waals surface area contributed by atoms with E-state index in [0.29, 0.717) is 19.3 Å². The molecule has 1 unspecified atom stereocenters. The van der Waals surface area contributed by atoms with Gasteiger partial charge in [-0.1, -0.05) is 180 Å². The molecule has 0 aliphatic heterocycles. The van der Waals surface area contributed by atoms with Crippen molar-refractivity contribution in [3.63, 3.8) is 0 Å². The molecule has 6 heteroatoms. The van der Waals surface area contributed by atoms with Crippen molar-refractivity contribution in [1.29, 1.82) is 0 Å². The zero-order valence-corrected chi connectivity index (χ0v) is 32.5. The molecule has 0 aromatic heterocycles. The van der Waals surface area contributed by atoms with Crippen LogP contribution in [0.5, 0.6) is 0 Å². The first kappa shape index (κ1) is 46.9. The van der Waals surface area contributed by atoms with Crippen LogP contribution in [0.25, 0.3) is 0 Å². The molecule has 49 heavy (non-hydrogen) atoms. The highest BCUT2D eigenvalue weighted by Crippen LogP contribution is 2.14. The van der Waals surface area contributed by atoms with Gasteiger partial charge in [-0.15, -0.1) is 0 Å². The monoisotopic (exact) mass is 691 g/mol. The summed E-state index contributed by atoms with van der Waals surface area (Å²) in [5, 5.41) is 0. The van der Waals surface area contributed by atoms with Crippen molar-refractivity contribution in [3.05, 3.63) is 24.3 Å². The summed E-state index contributed by atoms with van der Waals surface area (Å²) in [6.45, 7) is 6.52. The second-order valence-electron chi connectivity index (χ2n) is 13.9. The van der Waals surface area contributed by atoms with Crippen LogP contribution in [0, 0.1) is 0 Å². The Morgan fingerprint density at radius 2 is 0.735 bits per heavy atom. The Morgan fingerprint density at radius 1 is 0.408 bits per heavy atom. The number of carbonyl (C=O) groups excluding carboxylic acids is 3. The van der Waals surface area contributed by atoms with Gasteiger partial charge in [0, 0.05) is 19.3 Å². The van der Waals surface area contributed by atoms with Gasteiger partial charge in [0.15, 0.2) is 6.10 Å². The molecule has 0 heterocycles. The van der Waals surface area contributed by atoms with E-state index in [9.17, 15) is 14.4 Å². The molecule has 0 aromatic rings. The lowest BCUT2D eigenvalue weighted by Gasteiger charge is -2.18. The first-order valence-corrected chi connectivity index (χ1v) is 20.9. The van der Waals surface area contributed by atoms with Crippen LogP contribution in [-0.2, 0) is 28.6 Å². The molecular weight excluding hydrogens is 612 g/mol. The van der Waals surface area contributed by atoms with Gasteiger partial charge in [0.25, 0.3) is 0 Å². The summed E-state index contributed by atoms with van der Waals surface area (Å²) in [5.41, 5.74) is 0. The summed E-state index contributed by atoms with van der Waals surface area (Å²) in [5.74, 6) is -0.909. The van der Waals surface area contributed by atoms with Crippen molar-refractivity contribution < 1.29 is 28.6 Å². The lowest BCUT2D eigenvalue weighted by Crippen LogP contribution is -2.30. The van der Waals surface area contributed by atoms with Crippen LogP contribution in [0.2, 0.25) is 0 Å². The van der Waals surface area contributed by atoms with Crippen molar-refractivity contribution in [2.24, 2.45) is 0 Å². The molecule has 0 rings (SSSR count). The van der Waals surface area contributed by atoms with Crippen LogP contribution >= 0.6 is 0 Å². The first-order chi connectivity index (χ1) is 24.0. The fourth-order valence-corrected chi connectivity index (χ4v) is 5.77. The summed E-state index contributed by atoms with van der Waals surface area (Å²) in [4.78, 5) is 37.5. The van der Waals surface area contributed by atoms with Gasteiger partial charge < -0.3 is 14.2 Å². The van der Waals surface area contributed by atoms with Gasteiger partial charge in [-0.2, -0.15) is 0 Å². The quantitative estimate of drug-likeness (QED) is 0.0279. The molecule has 0 spiro atoms. The minimum absolute atomic E-state index is 0.0765. The predicted molar refractivity (Wildman–Crippen MR) is 206 cm³/mol. The van der Waals surface area contributed by atoms with Gasteiger partial charge >= 0.3 is 17.9 Å².